The molecule has 0 N–H and O–H groups in total. The van der Waals surface area contributed by atoms with Gasteiger partial charge in [-0.3, -0.25) is 4.90 Å². The highest BCUT2D eigenvalue weighted by Crippen LogP contribution is 2.44. The Hall–Kier alpha value is -1.27. The molecule has 0 saturated carbocycles. The van der Waals surface area contributed by atoms with Crippen molar-refractivity contribution in [1.29, 1.82) is 0 Å². The van der Waals surface area contributed by atoms with Gasteiger partial charge in [0.15, 0.2) is 9.84 Å². The zero-order valence-corrected chi connectivity index (χ0v) is 17.3. The number of halogens is 2. The predicted molar refractivity (Wildman–Crippen MR) is 108 cm³/mol. The molecule has 0 amide bonds. The second kappa shape index (κ2) is 7.28. The molecular weight excluding hydrogens is 405 g/mol. The van der Waals surface area contributed by atoms with Crippen molar-refractivity contribution in [2.45, 2.75) is 36.3 Å². The van der Waals surface area contributed by atoms with Crippen LogP contribution in [0.5, 0.6) is 5.75 Å². The summed E-state index contributed by atoms with van der Waals surface area (Å²) in [5, 5.41) is 1.20. The minimum Gasteiger partial charge on any atom is -0.483 e. The highest BCUT2D eigenvalue weighted by Gasteiger charge is 2.40. The number of fused-ring (bicyclic) bond motifs is 1. The Balaban J connectivity index is 1.77. The van der Waals surface area contributed by atoms with Crippen molar-refractivity contribution in [1.82, 2.24) is 4.90 Å². The van der Waals surface area contributed by atoms with Gasteiger partial charge in [0.05, 0.1) is 6.04 Å². The fourth-order valence-electron chi connectivity index (χ4n) is 4.14. The molecular formula is C20H21Cl2NO3S. The van der Waals surface area contributed by atoms with Crippen molar-refractivity contribution in [3.8, 4) is 5.75 Å². The maximum Gasteiger partial charge on any atom is 0.179 e. The summed E-state index contributed by atoms with van der Waals surface area (Å²) in [6, 6.07) is 10.6. The van der Waals surface area contributed by atoms with E-state index in [9.17, 15) is 8.42 Å². The van der Waals surface area contributed by atoms with E-state index in [4.69, 9.17) is 27.9 Å². The Labute approximate surface area is 170 Å². The van der Waals surface area contributed by atoms with Crippen LogP contribution in [-0.4, -0.2) is 38.7 Å². The van der Waals surface area contributed by atoms with Gasteiger partial charge in [-0.2, -0.15) is 0 Å². The average molecular weight is 426 g/mol. The molecule has 0 bridgehead atoms. The van der Waals surface area contributed by atoms with Crippen LogP contribution < -0.4 is 4.74 Å². The molecule has 2 aromatic rings. The maximum atomic E-state index is 12.2. The number of hydrogen-bond acceptors (Lipinski definition) is 4. The molecule has 0 spiro atoms. The fourth-order valence-corrected chi connectivity index (χ4v) is 5.54. The van der Waals surface area contributed by atoms with Gasteiger partial charge in [0, 0.05) is 21.9 Å². The minimum absolute atomic E-state index is 0.117. The van der Waals surface area contributed by atoms with E-state index in [0.717, 1.165) is 43.5 Å². The molecule has 2 aliphatic rings. The largest absolute Gasteiger partial charge is 0.483 e. The second-order valence-electron chi connectivity index (χ2n) is 7.23. The third-order valence-electron chi connectivity index (χ3n) is 5.38. The first-order chi connectivity index (χ1) is 12.8. The van der Waals surface area contributed by atoms with E-state index in [2.05, 4.69) is 4.90 Å². The molecule has 0 aromatic heterocycles. The van der Waals surface area contributed by atoms with Gasteiger partial charge in [0.25, 0.3) is 0 Å². The molecule has 2 atom stereocenters. The van der Waals surface area contributed by atoms with Crippen LogP contribution in [0.1, 0.15) is 30.1 Å². The van der Waals surface area contributed by atoms with E-state index < -0.39 is 9.84 Å². The van der Waals surface area contributed by atoms with Crippen LogP contribution in [-0.2, 0) is 16.3 Å². The smallest absolute Gasteiger partial charge is 0.179 e. The number of hydrogen-bond donors (Lipinski definition) is 0. The lowest BCUT2D eigenvalue weighted by atomic mass is 10.1. The predicted octanol–water partition coefficient (Wildman–Crippen LogP) is 4.54. The zero-order valence-electron chi connectivity index (χ0n) is 15.0. The van der Waals surface area contributed by atoms with Crippen LogP contribution in [0.15, 0.2) is 41.3 Å². The quantitative estimate of drug-likeness (QED) is 0.721. The van der Waals surface area contributed by atoms with Gasteiger partial charge in [0.1, 0.15) is 16.7 Å². The Morgan fingerprint density at radius 3 is 2.52 bits per heavy atom. The zero-order chi connectivity index (χ0) is 19.2. The first-order valence-electron chi connectivity index (χ1n) is 9.02. The van der Waals surface area contributed by atoms with Crippen molar-refractivity contribution in [3.63, 3.8) is 0 Å². The van der Waals surface area contributed by atoms with Gasteiger partial charge in [0.2, 0.25) is 0 Å². The molecule has 2 unspecified atom stereocenters. The Bertz CT molecular complexity index is 971. The second-order valence-corrected chi connectivity index (χ2v) is 10.1. The van der Waals surface area contributed by atoms with E-state index in [1.807, 2.05) is 6.07 Å². The van der Waals surface area contributed by atoms with Crippen molar-refractivity contribution in [3.05, 3.63) is 57.6 Å². The Morgan fingerprint density at radius 1 is 1.11 bits per heavy atom. The summed E-state index contributed by atoms with van der Waals surface area (Å²) in [4.78, 5) is 2.62. The summed E-state index contributed by atoms with van der Waals surface area (Å²) < 4.78 is 30.7. The van der Waals surface area contributed by atoms with Crippen molar-refractivity contribution in [2.24, 2.45) is 0 Å². The molecule has 2 aromatic carbocycles. The molecule has 0 radical (unpaired) electrons. The SMILES string of the molecule is CS(=O)(=O)c1ccccc1OC1c2cc(Cl)cc(Cl)c2CC1N1CCCC1. The van der Waals surface area contributed by atoms with Crippen LogP contribution in [0.4, 0.5) is 0 Å². The standard InChI is InChI=1S/C20H21Cl2NO3S/c1-27(24,25)19-7-3-2-6-18(19)26-20-15-10-13(21)11-16(22)14(15)12-17(20)23-8-4-5-9-23/h2-3,6-7,10-11,17,20H,4-5,8-9,12H2,1H3. The van der Waals surface area contributed by atoms with E-state index >= 15 is 0 Å². The van der Waals surface area contributed by atoms with Gasteiger partial charge in [-0.25, -0.2) is 8.42 Å². The number of likely N-dealkylation sites (tertiary alicyclic amines) is 1. The van der Waals surface area contributed by atoms with Gasteiger partial charge in [-0.1, -0.05) is 35.3 Å². The summed E-state index contributed by atoms with van der Waals surface area (Å²) in [6.45, 7) is 2.02. The van der Waals surface area contributed by atoms with Gasteiger partial charge in [-0.15, -0.1) is 0 Å². The summed E-state index contributed by atoms with van der Waals surface area (Å²) >= 11 is 12.7. The first-order valence-corrected chi connectivity index (χ1v) is 11.7. The lowest BCUT2D eigenvalue weighted by Crippen LogP contribution is -2.38. The van der Waals surface area contributed by atoms with E-state index in [-0.39, 0.29) is 17.0 Å². The Kier molecular flexibility index (Phi) is 5.14. The molecule has 27 heavy (non-hydrogen) atoms. The lowest BCUT2D eigenvalue weighted by Gasteiger charge is -2.30. The number of benzene rings is 2. The summed E-state index contributed by atoms with van der Waals surface area (Å²) in [6.07, 6.45) is 3.99. The molecule has 4 rings (SSSR count). The number of ether oxygens (including phenoxy) is 1. The van der Waals surface area contributed by atoms with E-state index in [0.29, 0.717) is 15.8 Å². The lowest BCUT2D eigenvalue weighted by molar-refractivity contribution is 0.0916. The summed E-state index contributed by atoms with van der Waals surface area (Å²) in [5.41, 5.74) is 1.99. The minimum atomic E-state index is -3.40. The molecule has 1 aliphatic carbocycles. The average Bonchev–Trinajstić information content (AvgIpc) is 3.23. The highest BCUT2D eigenvalue weighted by atomic mass is 35.5. The van der Waals surface area contributed by atoms with E-state index in [1.165, 1.54) is 6.26 Å². The molecule has 1 heterocycles. The number of rotatable bonds is 4. The van der Waals surface area contributed by atoms with Crippen molar-refractivity contribution >= 4 is 33.0 Å². The first kappa shape index (κ1) is 19.1. The van der Waals surface area contributed by atoms with Crippen LogP contribution in [0.3, 0.4) is 0 Å². The Morgan fingerprint density at radius 2 is 1.81 bits per heavy atom. The summed E-state index contributed by atoms with van der Waals surface area (Å²) in [5.74, 6) is 0.373. The maximum absolute atomic E-state index is 12.2. The molecule has 144 valence electrons. The highest BCUT2D eigenvalue weighted by molar-refractivity contribution is 7.90. The number of para-hydroxylation sites is 1. The van der Waals surface area contributed by atoms with Crippen LogP contribution >= 0.6 is 23.2 Å². The molecule has 7 heteroatoms. The molecule has 1 fully saturated rings. The normalized spacial score (nSPS) is 22.8. The molecule has 4 nitrogen and oxygen atoms in total. The monoisotopic (exact) mass is 425 g/mol. The third kappa shape index (κ3) is 3.70. The van der Waals surface area contributed by atoms with Gasteiger partial charge < -0.3 is 4.74 Å². The molecule has 1 saturated heterocycles. The van der Waals surface area contributed by atoms with Crippen molar-refractivity contribution in [2.75, 3.05) is 19.3 Å². The fraction of sp³-hybridized carbons (Fsp3) is 0.400. The topological polar surface area (TPSA) is 46.6 Å². The third-order valence-corrected chi connectivity index (χ3v) is 7.07. The van der Waals surface area contributed by atoms with Crippen LogP contribution in [0.25, 0.3) is 0 Å². The van der Waals surface area contributed by atoms with Crippen LogP contribution in [0.2, 0.25) is 10.0 Å². The van der Waals surface area contributed by atoms with Crippen LogP contribution in [0, 0.1) is 0 Å². The number of sulfone groups is 1. The molecule has 1 aliphatic heterocycles. The van der Waals surface area contributed by atoms with Crippen molar-refractivity contribution < 1.29 is 13.2 Å². The summed E-state index contributed by atoms with van der Waals surface area (Å²) in [7, 11) is -3.40. The van der Waals surface area contributed by atoms with E-state index in [1.54, 1.807) is 30.3 Å². The number of nitrogens with zero attached hydrogens (tertiary/aromatic N) is 1. The van der Waals surface area contributed by atoms with Gasteiger partial charge in [-0.05, 0) is 62.2 Å². The van der Waals surface area contributed by atoms with Gasteiger partial charge >= 0.3 is 0 Å².